The Labute approximate surface area is 477 Å². The van der Waals surface area contributed by atoms with Crippen LogP contribution in [0.25, 0.3) is 0 Å². The van der Waals surface area contributed by atoms with Crippen molar-refractivity contribution in [3.8, 4) is 0 Å². The van der Waals surface area contributed by atoms with E-state index < -0.39 is 6.10 Å². The Bertz CT molecular complexity index is 1510. The molecule has 0 heterocycles. The van der Waals surface area contributed by atoms with Crippen molar-refractivity contribution in [2.24, 2.45) is 0 Å². The Hall–Kier alpha value is -3.67. The fourth-order valence-corrected chi connectivity index (χ4v) is 9.18. The van der Waals surface area contributed by atoms with Crippen molar-refractivity contribution in [3.63, 3.8) is 0 Å². The number of allylic oxidation sites excluding steroid dienone is 16. The molecule has 0 radical (unpaired) electrons. The highest BCUT2D eigenvalue weighted by Gasteiger charge is 2.19. The molecule has 0 spiro atoms. The molecule has 0 aromatic carbocycles. The van der Waals surface area contributed by atoms with Crippen molar-refractivity contribution in [2.45, 2.75) is 322 Å². The van der Waals surface area contributed by atoms with E-state index in [9.17, 15) is 14.4 Å². The van der Waals surface area contributed by atoms with Crippen LogP contribution in [0.4, 0.5) is 0 Å². The van der Waals surface area contributed by atoms with Crippen molar-refractivity contribution >= 4 is 17.9 Å². The molecule has 0 N–H and O–H groups in total. The third-order valence-corrected chi connectivity index (χ3v) is 14.1. The molecule has 0 aliphatic carbocycles. The van der Waals surface area contributed by atoms with E-state index in [1.54, 1.807) is 0 Å². The summed E-state index contributed by atoms with van der Waals surface area (Å²) in [5.74, 6) is -0.887. The third-order valence-electron chi connectivity index (χ3n) is 14.1. The summed E-state index contributed by atoms with van der Waals surface area (Å²) < 4.78 is 16.9. The lowest BCUT2D eigenvalue weighted by atomic mass is 10.0. The maximum Gasteiger partial charge on any atom is 0.306 e. The highest BCUT2D eigenvalue weighted by atomic mass is 16.6. The molecule has 0 fully saturated rings. The third kappa shape index (κ3) is 63.0. The van der Waals surface area contributed by atoms with Gasteiger partial charge in [-0.1, -0.05) is 291 Å². The first-order valence-corrected chi connectivity index (χ1v) is 32.7. The molecule has 0 saturated heterocycles. The van der Waals surface area contributed by atoms with Gasteiger partial charge in [0.2, 0.25) is 0 Å². The molecule has 0 aliphatic rings. The van der Waals surface area contributed by atoms with Crippen molar-refractivity contribution in [1.29, 1.82) is 0 Å². The zero-order valence-electron chi connectivity index (χ0n) is 50.7. The average Bonchev–Trinajstić information content (AvgIpc) is 3.43. The molecule has 6 nitrogen and oxygen atoms in total. The number of rotatable bonds is 59. The van der Waals surface area contributed by atoms with Gasteiger partial charge in [0.05, 0.1) is 0 Å². The molecule has 0 bridgehead atoms. The van der Waals surface area contributed by atoms with E-state index in [1.165, 1.54) is 161 Å². The summed E-state index contributed by atoms with van der Waals surface area (Å²) in [4.78, 5) is 38.2. The second-order valence-corrected chi connectivity index (χ2v) is 21.6. The first kappa shape index (κ1) is 73.3. The Morgan fingerprint density at radius 1 is 0.273 bits per heavy atom. The number of unbranched alkanes of at least 4 members (excludes halogenated alkanes) is 32. The minimum atomic E-state index is -0.783. The normalized spacial score (nSPS) is 12.7. The van der Waals surface area contributed by atoms with Crippen molar-refractivity contribution in [3.05, 3.63) is 97.2 Å². The maximum absolute atomic E-state index is 12.9. The predicted octanol–water partition coefficient (Wildman–Crippen LogP) is 22.4. The van der Waals surface area contributed by atoms with E-state index >= 15 is 0 Å². The van der Waals surface area contributed by atoms with Crippen LogP contribution < -0.4 is 0 Å². The number of esters is 3. The van der Waals surface area contributed by atoms with Gasteiger partial charge in [0.15, 0.2) is 6.10 Å². The van der Waals surface area contributed by atoms with E-state index in [0.717, 1.165) is 116 Å². The molecular weight excluding hydrogens is 949 g/mol. The zero-order valence-corrected chi connectivity index (χ0v) is 50.7. The lowest BCUT2D eigenvalue weighted by molar-refractivity contribution is -0.167. The van der Waals surface area contributed by atoms with Crippen molar-refractivity contribution in [2.75, 3.05) is 13.2 Å². The minimum Gasteiger partial charge on any atom is -0.462 e. The number of carbonyl (C=O) groups excluding carboxylic acids is 3. The number of hydrogen-bond acceptors (Lipinski definition) is 6. The number of carbonyl (C=O) groups is 3. The fraction of sp³-hybridized carbons (Fsp3) is 0.732. The van der Waals surface area contributed by atoms with Gasteiger partial charge in [0.1, 0.15) is 13.2 Å². The molecule has 0 aliphatic heterocycles. The monoisotopic (exact) mass is 1070 g/mol. The summed E-state index contributed by atoms with van der Waals surface area (Å²) in [6, 6.07) is 0. The maximum atomic E-state index is 12.9. The van der Waals surface area contributed by atoms with Gasteiger partial charge >= 0.3 is 17.9 Å². The first-order valence-electron chi connectivity index (χ1n) is 32.7. The molecule has 77 heavy (non-hydrogen) atoms. The second-order valence-electron chi connectivity index (χ2n) is 21.6. The average molecular weight is 1070 g/mol. The Morgan fingerprint density at radius 3 is 0.792 bits per heavy atom. The molecule has 0 aromatic rings. The summed E-state index contributed by atoms with van der Waals surface area (Å²) in [5.41, 5.74) is 0. The molecule has 1 atom stereocenters. The molecule has 0 aromatic heterocycles. The minimum absolute atomic E-state index is 0.0803. The summed E-state index contributed by atoms with van der Waals surface area (Å²) in [6.07, 6.45) is 87.1. The predicted molar refractivity (Wildman–Crippen MR) is 334 cm³/mol. The smallest absolute Gasteiger partial charge is 0.306 e. The van der Waals surface area contributed by atoms with Crippen LogP contribution in [0.15, 0.2) is 97.2 Å². The van der Waals surface area contributed by atoms with Gasteiger partial charge < -0.3 is 14.2 Å². The van der Waals surface area contributed by atoms with Gasteiger partial charge in [0.25, 0.3) is 0 Å². The second kappa shape index (κ2) is 64.9. The lowest BCUT2D eigenvalue weighted by Crippen LogP contribution is -2.30. The number of ether oxygens (including phenoxy) is 3. The van der Waals surface area contributed by atoms with Crippen LogP contribution >= 0.6 is 0 Å². The van der Waals surface area contributed by atoms with Crippen LogP contribution in [0.3, 0.4) is 0 Å². The van der Waals surface area contributed by atoms with Crippen LogP contribution in [-0.2, 0) is 28.6 Å². The standard InChI is InChI=1S/C71H122O6/c1-4-7-10-13-16-19-21-23-25-27-29-31-32-33-34-35-36-37-38-40-41-43-45-47-49-52-55-58-61-64-70(73)76-67-68(66-75-69(72)63-60-57-54-51-18-15-12-9-6-3)77-71(74)65-62-59-56-53-50-48-46-44-42-39-30-28-26-24-22-20-17-14-11-8-5-2/h7,10,16,19,22-25,28-31,33-34,42,44,68H,4-6,8-9,11-15,17-18,20-21,26-27,32,35-41,43,45-67H2,1-3H3/b10-7-,19-16-,24-22-,25-23-,30-28-,31-29-,34-33-,44-42-. The van der Waals surface area contributed by atoms with Gasteiger partial charge in [-0.25, -0.2) is 0 Å². The quantitative estimate of drug-likeness (QED) is 0.0261. The van der Waals surface area contributed by atoms with Gasteiger partial charge in [-0.05, 0) is 103 Å². The molecule has 6 heteroatoms. The topological polar surface area (TPSA) is 78.9 Å². The van der Waals surface area contributed by atoms with E-state index in [2.05, 4.69) is 118 Å². The highest BCUT2D eigenvalue weighted by Crippen LogP contribution is 2.16. The lowest BCUT2D eigenvalue weighted by Gasteiger charge is -2.18. The van der Waals surface area contributed by atoms with Gasteiger partial charge in [-0.15, -0.1) is 0 Å². The summed E-state index contributed by atoms with van der Waals surface area (Å²) >= 11 is 0. The van der Waals surface area contributed by atoms with Crippen LogP contribution in [0, 0.1) is 0 Å². The molecule has 442 valence electrons. The number of hydrogen-bond donors (Lipinski definition) is 0. The van der Waals surface area contributed by atoms with Crippen LogP contribution in [0.2, 0.25) is 0 Å². The summed E-state index contributed by atoms with van der Waals surface area (Å²) in [7, 11) is 0. The fourth-order valence-electron chi connectivity index (χ4n) is 9.18. The van der Waals surface area contributed by atoms with Gasteiger partial charge in [-0.3, -0.25) is 14.4 Å². The van der Waals surface area contributed by atoms with Gasteiger partial charge in [-0.2, -0.15) is 0 Å². The summed E-state index contributed by atoms with van der Waals surface area (Å²) in [5, 5.41) is 0. The molecular formula is C71H122O6. The Balaban J connectivity index is 4.20. The van der Waals surface area contributed by atoms with Crippen LogP contribution in [0.5, 0.6) is 0 Å². The van der Waals surface area contributed by atoms with Crippen molar-refractivity contribution in [1.82, 2.24) is 0 Å². The first-order chi connectivity index (χ1) is 38.0. The molecule has 1 unspecified atom stereocenters. The molecule has 0 amide bonds. The molecule has 0 saturated carbocycles. The van der Waals surface area contributed by atoms with E-state index in [0.29, 0.717) is 19.3 Å². The largest absolute Gasteiger partial charge is 0.462 e. The van der Waals surface area contributed by atoms with Crippen LogP contribution in [-0.4, -0.2) is 37.2 Å². The van der Waals surface area contributed by atoms with E-state index in [-0.39, 0.29) is 31.1 Å². The van der Waals surface area contributed by atoms with Crippen molar-refractivity contribution < 1.29 is 28.6 Å². The highest BCUT2D eigenvalue weighted by molar-refractivity contribution is 5.71. The summed E-state index contributed by atoms with van der Waals surface area (Å²) in [6.45, 7) is 6.51. The SMILES string of the molecule is CC/C=C\C/C=C\C/C=C\C/C=C\C/C=C\CCCCCCCCCCCCCCCC(=O)OCC(COC(=O)CCCCCCCCCCC)OC(=O)CCCCCCCC/C=C\C/C=C\C/C=C\CCCCCCC. The van der Waals surface area contributed by atoms with E-state index in [1.807, 2.05) is 0 Å². The zero-order chi connectivity index (χ0) is 55.7. The van der Waals surface area contributed by atoms with Crippen LogP contribution in [0.1, 0.15) is 316 Å². The molecule has 0 rings (SSSR count). The Morgan fingerprint density at radius 2 is 0.506 bits per heavy atom. The van der Waals surface area contributed by atoms with E-state index in [4.69, 9.17) is 14.2 Å². The Kier molecular flexibility index (Phi) is 61.8. The van der Waals surface area contributed by atoms with Gasteiger partial charge in [0, 0.05) is 19.3 Å².